The molecule has 0 spiro atoms. The Kier molecular flexibility index (Phi) is 4.84. The monoisotopic (exact) mass is 238 g/mol. The molecule has 0 unspecified atom stereocenters. The number of nitrogens with two attached hydrogens (primary N) is 1. The molecule has 1 rings (SSSR count). The third-order valence-corrected chi connectivity index (χ3v) is 2.33. The maximum atomic E-state index is 11.5. The fourth-order valence-electron chi connectivity index (χ4n) is 1.42. The van der Waals surface area contributed by atoms with E-state index in [4.69, 9.17) is 10.5 Å². The van der Waals surface area contributed by atoms with Gasteiger partial charge in [0, 0.05) is 6.20 Å². The smallest absolute Gasteiger partial charge is 0.323 e. The van der Waals surface area contributed by atoms with Gasteiger partial charge < -0.3 is 10.5 Å². The molecule has 6 heteroatoms. The molecule has 94 valence electrons. The van der Waals surface area contributed by atoms with Crippen molar-refractivity contribution in [2.45, 2.75) is 26.4 Å². The van der Waals surface area contributed by atoms with E-state index in [2.05, 4.69) is 15.3 Å². The summed E-state index contributed by atoms with van der Waals surface area (Å²) in [6.07, 6.45) is 1.59. The topological polar surface area (TPSA) is 90.1 Å². The van der Waals surface area contributed by atoms with Crippen LogP contribution in [0.1, 0.15) is 19.7 Å². The van der Waals surface area contributed by atoms with E-state index in [9.17, 15) is 4.79 Å². The SMILES string of the molecule is COC(=O)[C@H](NCc1nccc(N)n1)C(C)C. The van der Waals surface area contributed by atoms with Gasteiger partial charge in [-0.05, 0) is 12.0 Å². The molecular formula is C11H18N4O2. The molecule has 0 aromatic carbocycles. The Hall–Kier alpha value is -1.69. The number of carbonyl (C=O) groups is 1. The van der Waals surface area contributed by atoms with E-state index < -0.39 is 0 Å². The van der Waals surface area contributed by atoms with Crippen LogP contribution in [-0.2, 0) is 16.1 Å². The molecule has 0 fully saturated rings. The van der Waals surface area contributed by atoms with Gasteiger partial charge >= 0.3 is 5.97 Å². The lowest BCUT2D eigenvalue weighted by Gasteiger charge is -2.19. The molecule has 3 N–H and O–H groups in total. The first-order valence-corrected chi connectivity index (χ1v) is 5.43. The quantitative estimate of drug-likeness (QED) is 0.719. The highest BCUT2D eigenvalue weighted by Crippen LogP contribution is 2.05. The van der Waals surface area contributed by atoms with Crippen LogP contribution in [-0.4, -0.2) is 29.1 Å². The number of nitrogen functional groups attached to an aromatic ring is 1. The summed E-state index contributed by atoms with van der Waals surface area (Å²) in [5.74, 6) is 0.808. The first-order chi connectivity index (χ1) is 8.04. The number of hydrogen-bond donors (Lipinski definition) is 2. The zero-order valence-electron chi connectivity index (χ0n) is 10.3. The number of ether oxygens (including phenoxy) is 1. The first-order valence-electron chi connectivity index (χ1n) is 5.43. The summed E-state index contributed by atoms with van der Waals surface area (Å²) >= 11 is 0. The van der Waals surface area contributed by atoms with E-state index in [-0.39, 0.29) is 17.9 Å². The van der Waals surface area contributed by atoms with E-state index >= 15 is 0 Å². The van der Waals surface area contributed by atoms with Crippen molar-refractivity contribution in [2.75, 3.05) is 12.8 Å². The minimum Gasteiger partial charge on any atom is -0.468 e. The van der Waals surface area contributed by atoms with E-state index in [0.717, 1.165) is 0 Å². The zero-order chi connectivity index (χ0) is 12.8. The Morgan fingerprint density at radius 3 is 2.82 bits per heavy atom. The van der Waals surface area contributed by atoms with Crippen molar-refractivity contribution in [3.8, 4) is 0 Å². The second-order valence-electron chi connectivity index (χ2n) is 4.02. The minimum atomic E-state index is -0.370. The average Bonchev–Trinajstić information content (AvgIpc) is 2.28. The van der Waals surface area contributed by atoms with Crippen LogP contribution in [0.25, 0.3) is 0 Å². The van der Waals surface area contributed by atoms with Crippen molar-refractivity contribution in [1.82, 2.24) is 15.3 Å². The van der Waals surface area contributed by atoms with Crippen LogP contribution in [0, 0.1) is 5.92 Å². The summed E-state index contributed by atoms with van der Waals surface area (Å²) in [6, 6.07) is 1.24. The average molecular weight is 238 g/mol. The highest BCUT2D eigenvalue weighted by Gasteiger charge is 2.22. The molecule has 1 aromatic heterocycles. The van der Waals surface area contributed by atoms with Crippen LogP contribution >= 0.6 is 0 Å². The summed E-state index contributed by atoms with van der Waals surface area (Å²) in [6.45, 7) is 4.26. The van der Waals surface area contributed by atoms with Crippen LogP contribution in [0.5, 0.6) is 0 Å². The van der Waals surface area contributed by atoms with Crippen molar-refractivity contribution in [2.24, 2.45) is 5.92 Å². The molecule has 0 bridgehead atoms. The molecular weight excluding hydrogens is 220 g/mol. The molecule has 1 aromatic rings. The lowest BCUT2D eigenvalue weighted by molar-refractivity contribution is -0.144. The van der Waals surface area contributed by atoms with Gasteiger partial charge in [-0.25, -0.2) is 9.97 Å². The number of aromatic nitrogens is 2. The molecule has 0 radical (unpaired) electrons. The summed E-state index contributed by atoms with van der Waals surface area (Å²) < 4.78 is 4.72. The van der Waals surface area contributed by atoms with E-state index in [0.29, 0.717) is 18.2 Å². The molecule has 0 aliphatic rings. The van der Waals surface area contributed by atoms with Crippen LogP contribution in [0.2, 0.25) is 0 Å². The van der Waals surface area contributed by atoms with Crippen LogP contribution in [0.3, 0.4) is 0 Å². The van der Waals surface area contributed by atoms with Gasteiger partial charge in [0.05, 0.1) is 13.7 Å². The Bertz CT molecular complexity index is 381. The second kappa shape index (κ2) is 6.15. The normalized spacial score (nSPS) is 12.5. The van der Waals surface area contributed by atoms with Gasteiger partial charge in [-0.1, -0.05) is 13.8 Å². The minimum absolute atomic E-state index is 0.128. The van der Waals surface area contributed by atoms with Crippen molar-refractivity contribution >= 4 is 11.8 Å². The number of carbonyl (C=O) groups excluding carboxylic acids is 1. The number of anilines is 1. The highest BCUT2D eigenvalue weighted by atomic mass is 16.5. The predicted molar refractivity (Wildman–Crippen MR) is 63.9 cm³/mol. The maximum Gasteiger partial charge on any atom is 0.323 e. The second-order valence-corrected chi connectivity index (χ2v) is 4.02. The molecule has 1 atom stereocenters. The fraction of sp³-hybridized carbons (Fsp3) is 0.545. The van der Waals surface area contributed by atoms with Gasteiger partial charge in [0.25, 0.3) is 0 Å². The van der Waals surface area contributed by atoms with Crippen LogP contribution in [0.4, 0.5) is 5.82 Å². The predicted octanol–water partition coefficient (Wildman–Crippen LogP) is 0.346. The Balaban J connectivity index is 2.61. The maximum absolute atomic E-state index is 11.5. The number of nitrogens with zero attached hydrogens (tertiary/aromatic N) is 2. The molecule has 17 heavy (non-hydrogen) atoms. The Labute approximate surface area is 101 Å². The zero-order valence-corrected chi connectivity index (χ0v) is 10.3. The number of nitrogens with one attached hydrogen (secondary N) is 1. The lowest BCUT2D eigenvalue weighted by atomic mass is 10.0. The van der Waals surface area contributed by atoms with Gasteiger partial charge in [0.15, 0.2) is 0 Å². The molecule has 0 aliphatic heterocycles. The highest BCUT2D eigenvalue weighted by molar-refractivity contribution is 5.75. The van der Waals surface area contributed by atoms with Crippen molar-refractivity contribution in [3.63, 3.8) is 0 Å². The number of methoxy groups -OCH3 is 1. The third-order valence-electron chi connectivity index (χ3n) is 2.33. The van der Waals surface area contributed by atoms with Gasteiger partial charge in [-0.3, -0.25) is 10.1 Å². The van der Waals surface area contributed by atoms with Gasteiger partial charge in [-0.15, -0.1) is 0 Å². The summed E-state index contributed by atoms with van der Waals surface area (Å²) in [5, 5.41) is 3.06. The summed E-state index contributed by atoms with van der Waals surface area (Å²) in [4.78, 5) is 19.6. The number of esters is 1. The first kappa shape index (κ1) is 13.4. The van der Waals surface area contributed by atoms with E-state index in [1.807, 2.05) is 13.8 Å². The molecule has 6 nitrogen and oxygen atoms in total. The van der Waals surface area contributed by atoms with Crippen molar-refractivity contribution in [3.05, 3.63) is 18.1 Å². The van der Waals surface area contributed by atoms with Crippen LogP contribution < -0.4 is 11.1 Å². The van der Waals surface area contributed by atoms with Crippen molar-refractivity contribution < 1.29 is 9.53 Å². The van der Waals surface area contributed by atoms with Gasteiger partial charge in [-0.2, -0.15) is 0 Å². The molecule has 0 amide bonds. The lowest BCUT2D eigenvalue weighted by Crippen LogP contribution is -2.41. The Morgan fingerprint density at radius 1 is 1.59 bits per heavy atom. The fourth-order valence-corrected chi connectivity index (χ4v) is 1.42. The van der Waals surface area contributed by atoms with E-state index in [1.165, 1.54) is 7.11 Å². The van der Waals surface area contributed by atoms with Gasteiger partial charge in [0.1, 0.15) is 17.7 Å². The molecule has 1 heterocycles. The standard InChI is InChI=1S/C11H18N4O2/c1-7(2)10(11(16)17-3)14-6-9-13-5-4-8(12)15-9/h4-5,7,10,14H,6H2,1-3H3,(H2,12,13,15)/t10-/m1/s1. The molecule has 0 saturated carbocycles. The molecule has 0 aliphatic carbocycles. The number of rotatable bonds is 5. The van der Waals surface area contributed by atoms with Crippen LogP contribution in [0.15, 0.2) is 12.3 Å². The Morgan fingerprint density at radius 2 is 2.29 bits per heavy atom. The molecule has 0 saturated heterocycles. The number of hydrogen-bond acceptors (Lipinski definition) is 6. The summed E-state index contributed by atoms with van der Waals surface area (Å²) in [5.41, 5.74) is 5.54. The summed E-state index contributed by atoms with van der Waals surface area (Å²) in [7, 11) is 1.37. The van der Waals surface area contributed by atoms with E-state index in [1.54, 1.807) is 12.3 Å². The van der Waals surface area contributed by atoms with Gasteiger partial charge in [0.2, 0.25) is 0 Å². The van der Waals surface area contributed by atoms with Crippen molar-refractivity contribution in [1.29, 1.82) is 0 Å². The third kappa shape index (κ3) is 3.99. The largest absolute Gasteiger partial charge is 0.468 e.